The van der Waals surface area contributed by atoms with E-state index >= 15 is 0 Å². The van der Waals surface area contributed by atoms with Gasteiger partial charge in [-0.3, -0.25) is 4.79 Å². The molecule has 0 saturated carbocycles. The van der Waals surface area contributed by atoms with Crippen LogP contribution in [0.2, 0.25) is 0 Å². The number of hydrogen-bond donors (Lipinski definition) is 0. The maximum absolute atomic E-state index is 13.1. The average Bonchev–Trinajstić information content (AvgIpc) is 3.21. The Morgan fingerprint density at radius 3 is 2.45 bits per heavy atom. The van der Waals surface area contributed by atoms with E-state index in [-0.39, 0.29) is 27.1 Å². The van der Waals surface area contributed by atoms with Crippen LogP contribution >= 0.6 is 10.5 Å². The zero-order chi connectivity index (χ0) is 20.8. The molecule has 29 heavy (non-hydrogen) atoms. The van der Waals surface area contributed by atoms with Gasteiger partial charge in [0.2, 0.25) is 0 Å². The van der Waals surface area contributed by atoms with Gasteiger partial charge < -0.3 is 0 Å². The lowest BCUT2D eigenvalue weighted by atomic mass is 9.64. The minimum absolute atomic E-state index is 0.0310. The predicted octanol–water partition coefficient (Wildman–Crippen LogP) is 8.09. The SMILES string of the molecule is Cc1c[s+](-c2ccc(C(=O)CC(C)(C)C3C=CCC3(C)C)cc2)c2ccccc12. The van der Waals surface area contributed by atoms with Crippen molar-refractivity contribution >= 4 is 26.3 Å². The highest BCUT2D eigenvalue weighted by molar-refractivity contribution is 7.43. The molecule has 2 unspecified atom stereocenters. The number of rotatable bonds is 5. The van der Waals surface area contributed by atoms with E-state index in [1.165, 1.54) is 20.5 Å². The minimum Gasteiger partial charge on any atom is -0.294 e. The quantitative estimate of drug-likeness (QED) is 0.239. The molecular weight excluding hydrogens is 372 g/mol. The summed E-state index contributed by atoms with van der Waals surface area (Å²) in [5, 5.41) is 3.71. The first-order valence-electron chi connectivity index (χ1n) is 10.5. The molecule has 1 aliphatic carbocycles. The van der Waals surface area contributed by atoms with Crippen LogP contribution in [-0.4, -0.2) is 5.78 Å². The Balaban J connectivity index is 1.56. The van der Waals surface area contributed by atoms with Gasteiger partial charge in [0.15, 0.2) is 15.4 Å². The van der Waals surface area contributed by atoms with Gasteiger partial charge in [0, 0.05) is 33.4 Å². The van der Waals surface area contributed by atoms with Crippen molar-refractivity contribution in [2.24, 2.45) is 16.7 Å². The molecule has 1 aromatic heterocycles. The summed E-state index contributed by atoms with van der Waals surface area (Å²) in [4.78, 5) is 14.4. The molecule has 0 bridgehead atoms. The van der Waals surface area contributed by atoms with E-state index in [0.717, 1.165) is 12.0 Å². The molecule has 0 radical (unpaired) electrons. The molecule has 3 aromatic rings. The molecule has 4 rings (SSSR count). The summed E-state index contributed by atoms with van der Waals surface area (Å²) in [6.07, 6.45) is 6.28. The number of benzene rings is 2. The van der Waals surface area contributed by atoms with Gasteiger partial charge in [-0.2, -0.15) is 0 Å². The lowest BCUT2D eigenvalue weighted by Crippen LogP contribution is -2.34. The Hall–Kier alpha value is -2.19. The molecule has 0 aliphatic heterocycles. The molecule has 2 heteroatoms. The predicted molar refractivity (Wildman–Crippen MR) is 126 cm³/mol. The number of fused-ring (bicyclic) bond motifs is 1. The maximum atomic E-state index is 13.1. The summed E-state index contributed by atoms with van der Waals surface area (Å²) < 4.78 is 1.39. The lowest BCUT2D eigenvalue weighted by molar-refractivity contribution is 0.0800. The number of aryl methyl sites for hydroxylation is 1. The number of hydrogen-bond acceptors (Lipinski definition) is 1. The summed E-state index contributed by atoms with van der Waals surface area (Å²) in [7, 11) is -0.0310. The Bertz CT molecular complexity index is 1080. The van der Waals surface area contributed by atoms with Crippen LogP contribution in [0.25, 0.3) is 15.0 Å². The minimum atomic E-state index is -0.0434. The second-order valence-electron chi connectivity index (χ2n) is 9.85. The molecule has 0 amide bonds. The fourth-order valence-electron chi connectivity index (χ4n) is 5.11. The number of carbonyl (C=O) groups is 1. The molecule has 0 spiro atoms. The average molecular weight is 404 g/mol. The molecule has 150 valence electrons. The second kappa shape index (κ2) is 7.25. The fraction of sp³-hybridized carbons (Fsp3) is 0.370. The first-order valence-corrected chi connectivity index (χ1v) is 11.8. The third-order valence-corrected chi connectivity index (χ3v) is 8.75. The molecule has 1 aliphatic rings. The van der Waals surface area contributed by atoms with Gasteiger partial charge in [0.25, 0.3) is 0 Å². The van der Waals surface area contributed by atoms with Crippen molar-refractivity contribution in [3.8, 4) is 4.90 Å². The van der Waals surface area contributed by atoms with Gasteiger partial charge in [-0.25, -0.2) is 0 Å². The van der Waals surface area contributed by atoms with Gasteiger partial charge in [0.1, 0.15) is 5.38 Å². The van der Waals surface area contributed by atoms with Crippen LogP contribution in [-0.2, 0) is 0 Å². The maximum Gasteiger partial charge on any atom is 0.186 e. The third kappa shape index (κ3) is 3.71. The highest BCUT2D eigenvalue weighted by atomic mass is 32.2. The molecule has 1 nitrogen and oxygen atoms in total. The second-order valence-corrected chi connectivity index (χ2v) is 11.7. The van der Waals surface area contributed by atoms with Crippen LogP contribution in [0, 0.1) is 23.7 Å². The molecule has 2 atom stereocenters. The van der Waals surface area contributed by atoms with E-state index < -0.39 is 0 Å². The number of Topliss-reactive ketones (excluding diaryl/α,β-unsaturated/α-hetero) is 1. The zero-order valence-electron chi connectivity index (χ0n) is 18.2. The Labute approximate surface area is 177 Å². The first kappa shape index (κ1) is 20.1. The van der Waals surface area contributed by atoms with Crippen LogP contribution in [0.4, 0.5) is 0 Å². The van der Waals surface area contributed by atoms with Crippen molar-refractivity contribution < 1.29 is 4.79 Å². The van der Waals surface area contributed by atoms with Gasteiger partial charge in [-0.1, -0.05) is 52.0 Å². The van der Waals surface area contributed by atoms with E-state index in [9.17, 15) is 4.79 Å². The summed E-state index contributed by atoms with van der Waals surface area (Å²) in [5.74, 6) is 0.683. The summed E-state index contributed by atoms with van der Waals surface area (Å²) >= 11 is 0. The van der Waals surface area contributed by atoms with Crippen molar-refractivity contribution in [3.05, 3.63) is 77.2 Å². The molecular formula is C27H31OS+. The number of thiophene rings is 1. The van der Waals surface area contributed by atoms with E-state index in [4.69, 9.17) is 0 Å². The van der Waals surface area contributed by atoms with Crippen molar-refractivity contribution in [1.29, 1.82) is 0 Å². The highest BCUT2D eigenvalue weighted by Crippen LogP contribution is 2.49. The fourth-order valence-corrected chi connectivity index (χ4v) is 7.23. The molecule has 2 aromatic carbocycles. The van der Waals surface area contributed by atoms with E-state index in [1.54, 1.807) is 0 Å². The lowest BCUT2D eigenvalue weighted by Gasteiger charge is -2.39. The van der Waals surface area contributed by atoms with Crippen LogP contribution in [0.1, 0.15) is 56.5 Å². The Kier molecular flexibility index (Phi) is 5.02. The summed E-state index contributed by atoms with van der Waals surface area (Å²) in [5.41, 5.74) is 2.36. The van der Waals surface area contributed by atoms with Crippen molar-refractivity contribution in [2.45, 2.75) is 47.5 Å². The number of ketones is 1. The van der Waals surface area contributed by atoms with Gasteiger partial charge in [-0.05, 0) is 66.5 Å². The topological polar surface area (TPSA) is 17.1 Å². The van der Waals surface area contributed by atoms with Gasteiger partial charge >= 0.3 is 0 Å². The Morgan fingerprint density at radius 1 is 1.10 bits per heavy atom. The third-order valence-electron chi connectivity index (χ3n) is 6.55. The monoisotopic (exact) mass is 403 g/mol. The number of carbonyl (C=O) groups excluding carboxylic acids is 1. The molecule has 0 fully saturated rings. The standard InChI is InChI=1S/C27H31OS/c1-19-18-29(24-10-7-6-9-22(19)24)21-14-12-20(13-15-21)23(28)17-27(4,5)25-11-8-16-26(25,2)3/h6-15,18,25H,16-17H2,1-5H3/q+1. The van der Waals surface area contributed by atoms with Crippen LogP contribution < -0.4 is 0 Å². The smallest absolute Gasteiger partial charge is 0.186 e. The van der Waals surface area contributed by atoms with Gasteiger partial charge in [-0.15, -0.1) is 0 Å². The van der Waals surface area contributed by atoms with Crippen LogP contribution in [0.15, 0.2) is 66.1 Å². The largest absolute Gasteiger partial charge is 0.294 e. The highest BCUT2D eigenvalue weighted by Gasteiger charge is 2.42. The summed E-state index contributed by atoms with van der Waals surface area (Å²) in [6.45, 7) is 11.3. The van der Waals surface area contributed by atoms with Crippen LogP contribution in [0.3, 0.4) is 0 Å². The van der Waals surface area contributed by atoms with Crippen molar-refractivity contribution in [2.75, 3.05) is 0 Å². The van der Waals surface area contributed by atoms with Crippen molar-refractivity contribution in [1.82, 2.24) is 0 Å². The normalized spacial score (nSPS) is 19.1. The molecule has 0 N–H and O–H groups in total. The summed E-state index contributed by atoms with van der Waals surface area (Å²) in [6, 6.07) is 17.0. The Morgan fingerprint density at radius 2 is 1.79 bits per heavy atom. The van der Waals surface area contributed by atoms with E-state index in [0.29, 0.717) is 12.3 Å². The van der Waals surface area contributed by atoms with E-state index in [2.05, 4.69) is 88.5 Å². The molecule has 0 saturated heterocycles. The van der Waals surface area contributed by atoms with E-state index in [1.807, 2.05) is 12.1 Å². The van der Waals surface area contributed by atoms with Gasteiger partial charge in [0.05, 0.1) is 0 Å². The zero-order valence-corrected chi connectivity index (χ0v) is 19.0. The van der Waals surface area contributed by atoms with Crippen LogP contribution in [0.5, 0.6) is 0 Å². The van der Waals surface area contributed by atoms with Crippen molar-refractivity contribution in [3.63, 3.8) is 0 Å². The first-order chi connectivity index (χ1) is 13.7. The number of allylic oxidation sites excluding steroid dienone is 2. The molecule has 1 heterocycles.